The summed E-state index contributed by atoms with van der Waals surface area (Å²) in [6.07, 6.45) is 33.4. The molecule has 0 spiro atoms. The van der Waals surface area contributed by atoms with Crippen LogP contribution < -0.4 is 0 Å². The molecule has 0 aliphatic heterocycles. The fraction of sp³-hybridized carbons (Fsp3) is 1.00. The van der Waals surface area contributed by atoms with Crippen LogP contribution in [-0.4, -0.2) is 82.1 Å². The second-order valence-electron chi connectivity index (χ2n) is 14.2. The van der Waals surface area contributed by atoms with E-state index < -0.39 is 7.75 Å². The number of hydrogen-bond acceptors (Lipinski definition) is 5. The highest BCUT2D eigenvalue weighted by molar-refractivity contribution is 7.51. The molecule has 0 N–H and O–H groups in total. The first-order chi connectivity index (χ1) is 21.9. The van der Waals surface area contributed by atoms with Gasteiger partial charge >= 0.3 is 7.75 Å². The summed E-state index contributed by atoms with van der Waals surface area (Å²) in [4.78, 5) is 4.40. The highest BCUT2D eigenvalue weighted by Crippen LogP contribution is 2.52. The van der Waals surface area contributed by atoms with Gasteiger partial charge in [0.05, 0.1) is 13.2 Å². The molecule has 272 valence electrons. The van der Waals surface area contributed by atoms with Gasteiger partial charge in [0.2, 0.25) is 0 Å². The van der Waals surface area contributed by atoms with E-state index in [1.807, 2.05) is 0 Å². The van der Waals surface area contributed by atoms with Gasteiger partial charge in [-0.05, 0) is 67.0 Å². The Morgan fingerprint density at radius 2 is 0.644 bits per heavy atom. The molecule has 0 heterocycles. The van der Waals surface area contributed by atoms with Crippen LogP contribution in [0, 0.1) is 0 Å². The second kappa shape index (κ2) is 33.9. The largest absolute Gasteiger partial charge is 0.408 e. The van der Waals surface area contributed by atoms with Crippen molar-refractivity contribution in [1.29, 1.82) is 0 Å². The van der Waals surface area contributed by atoms with Gasteiger partial charge in [-0.1, -0.05) is 155 Å². The number of hydrogen-bond donors (Lipinski definition) is 0. The van der Waals surface area contributed by atoms with Crippen LogP contribution in [0.15, 0.2) is 0 Å². The van der Waals surface area contributed by atoms with Crippen LogP contribution in [0.25, 0.3) is 0 Å². The van der Waals surface area contributed by atoms with E-state index in [0.717, 1.165) is 64.7 Å². The van der Waals surface area contributed by atoms with E-state index in [4.69, 9.17) is 9.05 Å². The summed E-state index contributed by atoms with van der Waals surface area (Å²) in [5.74, 6) is 0. The minimum absolute atomic E-state index is 0.533. The molecule has 0 atom stereocenters. The van der Waals surface area contributed by atoms with Crippen molar-refractivity contribution in [3.63, 3.8) is 0 Å². The van der Waals surface area contributed by atoms with Gasteiger partial charge in [-0.25, -0.2) is 9.24 Å². The molecule has 0 unspecified atom stereocenters. The van der Waals surface area contributed by atoms with E-state index in [2.05, 4.69) is 56.5 Å². The molecule has 0 saturated carbocycles. The number of rotatable bonds is 37. The van der Waals surface area contributed by atoms with E-state index in [1.54, 1.807) is 0 Å². The molecule has 0 aliphatic carbocycles. The van der Waals surface area contributed by atoms with Crippen molar-refractivity contribution in [2.45, 2.75) is 181 Å². The molecule has 7 heteroatoms. The smallest absolute Gasteiger partial charge is 0.309 e. The van der Waals surface area contributed by atoms with Crippen molar-refractivity contribution in [3.8, 4) is 0 Å². The summed E-state index contributed by atoms with van der Waals surface area (Å²) in [5, 5.41) is 0. The minimum Gasteiger partial charge on any atom is -0.309 e. The molecule has 6 nitrogen and oxygen atoms in total. The van der Waals surface area contributed by atoms with E-state index in [0.29, 0.717) is 13.2 Å². The van der Waals surface area contributed by atoms with Crippen LogP contribution in [0.1, 0.15) is 181 Å². The summed E-state index contributed by atoms with van der Waals surface area (Å²) < 4.78 is 28.9. The lowest BCUT2D eigenvalue weighted by molar-refractivity contribution is 0.147. The first-order valence-corrected chi connectivity index (χ1v) is 21.3. The van der Waals surface area contributed by atoms with Gasteiger partial charge in [0, 0.05) is 13.1 Å². The monoisotopic (exact) mass is 660 g/mol. The molecule has 0 amide bonds. The van der Waals surface area contributed by atoms with Gasteiger partial charge in [-0.15, -0.1) is 0 Å². The van der Waals surface area contributed by atoms with Crippen molar-refractivity contribution in [1.82, 2.24) is 14.5 Å². The van der Waals surface area contributed by atoms with Crippen LogP contribution in [0.4, 0.5) is 0 Å². The van der Waals surface area contributed by atoms with Crippen LogP contribution in [0.2, 0.25) is 0 Å². The third-order valence-electron chi connectivity index (χ3n) is 8.89. The topological polar surface area (TPSA) is 45.3 Å². The van der Waals surface area contributed by atoms with Crippen molar-refractivity contribution in [2.24, 2.45) is 0 Å². The Morgan fingerprint density at radius 3 is 0.911 bits per heavy atom. The fourth-order valence-corrected chi connectivity index (χ4v) is 7.84. The summed E-state index contributed by atoms with van der Waals surface area (Å²) in [6, 6.07) is 0. The lowest BCUT2D eigenvalue weighted by Gasteiger charge is -2.31. The van der Waals surface area contributed by atoms with Crippen LogP contribution in [0.3, 0.4) is 0 Å². The van der Waals surface area contributed by atoms with Crippen molar-refractivity contribution in [2.75, 3.05) is 67.6 Å². The van der Waals surface area contributed by atoms with Gasteiger partial charge in [0.25, 0.3) is 0 Å². The molecular formula is C38H82N3O3P. The zero-order valence-corrected chi connectivity index (χ0v) is 32.5. The molecule has 0 aromatic carbocycles. The lowest BCUT2D eigenvalue weighted by Crippen LogP contribution is -2.30. The molecule has 0 bridgehead atoms. The highest BCUT2D eigenvalue weighted by atomic mass is 31.2. The summed E-state index contributed by atoms with van der Waals surface area (Å²) in [7, 11) is 5.09. The lowest BCUT2D eigenvalue weighted by atomic mass is 10.1. The molecule has 0 fully saturated rings. The highest BCUT2D eigenvalue weighted by Gasteiger charge is 2.33. The first kappa shape index (κ1) is 45.0. The maximum absolute atomic E-state index is 14.3. The quantitative estimate of drug-likeness (QED) is 0.0488. The Hall–Kier alpha value is 0.0300. The Labute approximate surface area is 283 Å². The molecule has 0 aromatic rings. The van der Waals surface area contributed by atoms with Crippen LogP contribution >= 0.6 is 7.75 Å². The van der Waals surface area contributed by atoms with Gasteiger partial charge in [-0.2, -0.15) is 0 Å². The van der Waals surface area contributed by atoms with Gasteiger partial charge < -0.3 is 9.80 Å². The summed E-state index contributed by atoms with van der Waals surface area (Å²) in [5.41, 5.74) is 0. The Kier molecular flexibility index (Phi) is 33.9. The second-order valence-corrected chi connectivity index (χ2v) is 16.2. The summed E-state index contributed by atoms with van der Waals surface area (Å²) in [6.45, 7) is 9.08. The molecule has 0 aliphatic rings. The van der Waals surface area contributed by atoms with E-state index in [1.165, 1.54) is 128 Å². The van der Waals surface area contributed by atoms with Gasteiger partial charge in [-0.3, -0.25) is 9.05 Å². The molecule has 0 saturated heterocycles. The van der Waals surface area contributed by atoms with E-state index in [9.17, 15) is 4.57 Å². The third kappa shape index (κ3) is 31.1. The molecule has 45 heavy (non-hydrogen) atoms. The fourth-order valence-electron chi connectivity index (χ4n) is 5.94. The Bertz CT molecular complexity index is 587. The minimum atomic E-state index is -3.32. The molecular weight excluding hydrogens is 577 g/mol. The Balaban J connectivity index is 4.58. The average Bonchev–Trinajstić information content (AvgIpc) is 3.00. The standard InChI is InChI=1S/C38H82N3O3P/c1-7-9-11-13-15-17-19-21-23-25-27-29-37-43-45(42,41(35-31-33-39(3)4)36-32-34-40(5)6)44-38-30-28-26-24-22-20-18-16-14-12-10-8-2/h7-38H2,1-6H3. The molecule has 0 rings (SSSR count). The van der Waals surface area contributed by atoms with Crippen LogP contribution in [0.5, 0.6) is 0 Å². The van der Waals surface area contributed by atoms with E-state index >= 15 is 0 Å². The van der Waals surface area contributed by atoms with Crippen LogP contribution in [-0.2, 0) is 13.6 Å². The normalized spacial score (nSPS) is 12.4. The average molecular weight is 660 g/mol. The predicted molar refractivity (Wildman–Crippen MR) is 200 cm³/mol. The third-order valence-corrected chi connectivity index (χ3v) is 11.0. The zero-order chi connectivity index (χ0) is 33.3. The van der Waals surface area contributed by atoms with Crippen molar-refractivity contribution >= 4 is 7.75 Å². The van der Waals surface area contributed by atoms with Crippen molar-refractivity contribution < 1.29 is 13.6 Å². The van der Waals surface area contributed by atoms with Crippen molar-refractivity contribution in [3.05, 3.63) is 0 Å². The molecule has 0 aromatic heterocycles. The van der Waals surface area contributed by atoms with E-state index in [-0.39, 0.29) is 0 Å². The first-order valence-electron chi connectivity index (χ1n) is 19.8. The maximum Gasteiger partial charge on any atom is 0.408 e. The summed E-state index contributed by atoms with van der Waals surface area (Å²) >= 11 is 0. The number of unbranched alkanes of at least 4 members (excludes halogenated alkanes) is 22. The molecule has 0 radical (unpaired) electrons. The zero-order valence-electron chi connectivity index (χ0n) is 31.6. The van der Waals surface area contributed by atoms with Gasteiger partial charge in [0.1, 0.15) is 0 Å². The number of nitrogens with zero attached hydrogens (tertiary/aromatic N) is 3. The predicted octanol–water partition coefficient (Wildman–Crippen LogP) is 11.7. The SMILES string of the molecule is CCCCCCCCCCCCCCOP(=O)(OCCCCCCCCCCCCCC)N(CCCN(C)C)CCCN(C)C. The maximum atomic E-state index is 14.3. The Morgan fingerprint density at radius 1 is 0.378 bits per heavy atom. The van der Waals surface area contributed by atoms with Gasteiger partial charge in [0.15, 0.2) is 0 Å².